The number of ether oxygens (including phenoxy) is 1. The summed E-state index contributed by atoms with van der Waals surface area (Å²) in [5.41, 5.74) is 3.85. The van der Waals surface area contributed by atoms with Crippen LogP contribution in [0.2, 0.25) is 5.02 Å². The standard InChI is InChI=1S/C28H30ClN3O2/c1-20(2)21-12-14-24(15-13-21)34-17-6-5-16-32-26-11-4-3-10-25(26)31-27(32)19-30-28(33)22-8-7-9-23(29)18-22/h3-4,7-15,18,20H,5-6,16-17,19H2,1-2H3,(H,30,33). The molecule has 1 N–H and O–H groups in total. The van der Waals surface area contributed by atoms with E-state index in [9.17, 15) is 4.79 Å². The van der Waals surface area contributed by atoms with Crippen molar-refractivity contribution >= 4 is 28.5 Å². The topological polar surface area (TPSA) is 56.1 Å². The number of nitrogens with one attached hydrogen (secondary N) is 1. The zero-order valence-corrected chi connectivity index (χ0v) is 20.4. The Labute approximate surface area is 205 Å². The zero-order valence-electron chi connectivity index (χ0n) is 19.6. The molecule has 4 aromatic rings. The van der Waals surface area contributed by atoms with Crippen LogP contribution in [0.5, 0.6) is 5.75 Å². The van der Waals surface area contributed by atoms with Crippen molar-refractivity contribution in [2.24, 2.45) is 0 Å². The first kappa shape index (κ1) is 23.8. The normalized spacial score (nSPS) is 11.2. The number of carbonyl (C=O) groups excluding carboxylic acids is 1. The maximum atomic E-state index is 12.6. The largest absolute Gasteiger partial charge is 0.494 e. The van der Waals surface area contributed by atoms with Gasteiger partial charge in [-0.3, -0.25) is 4.79 Å². The number of aryl methyl sites for hydroxylation is 1. The molecular weight excluding hydrogens is 446 g/mol. The van der Waals surface area contributed by atoms with E-state index in [-0.39, 0.29) is 5.91 Å². The Morgan fingerprint density at radius 2 is 1.82 bits per heavy atom. The molecule has 0 bridgehead atoms. The number of aromatic nitrogens is 2. The molecule has 0 saturated heterocycles. The highest BCUT2D eigenvalue weighted by Crippen LogP contribution is 2.20. The fraction of sp³-hybridized carbons (Fsp3) is 0.286. The number of fused-ring (bicyclic) bond motifs is 1. The molecule has 1 aromatic heterocycles. The monoisotopic (exact) mass is 475 g/mol. The van der Waals surface area contributed by atoms with Gasteiger partial charge in [-0.05, 0) is 66.8 Å². The fourth-order valence-electron chi connectivity index (χ4n) is 3.91. The second-order valence-corrected chi connectivity index (χ2v) is 9.08. The summed E-state index contributed by atoms with van der Waals surface area (Å²) in [7, 11) is 0. The summed E-state index contributed by atoms with van der Waals surface area (Å²) in [5.74, 6) is 2.09. The molecule has 0 spiro atoms. The number of hydrogen-bond acceptors (Lipinski definition) is 3. The summed E-state index contributed by atoms with van der Waals surface area (Å²) in [6.07, 6.45) is 1.87. The average Bonchev–Trinajstić information content (AvgIpc) is 3.20. The third-order valence-electron chi connectivity index (χ3n) is 5.82. The Bertz CT molecular complexity index is 1250. The van der Waals surface area contributed by atoms with Gasteiger partial charge in [-0.1, -0.05) is 55.8 Å². The zero-order chi connectivity index (χ0) is 23.9. The third kappa shape index (κ3) is 5.97. The van der Waals surface area contributed by atoms with Crippen LogP contribution in [0, 0.1) is 0 Å². The third-order valence-corrected chi connectivity index (χ3v) is 6.05. The van der Waals surface area contributed by atoms with Crippen molar-refractivity contribution in [3.63, 3.8) is 0 Å². The van der Waals surface area contributed by atoms with E-state index in [2.05, 4.69) is 41.9 Å². The quantitative estimate of drug-likeness (QED) is 0.263. The van der Waals surface area contributed by atoms with Crippen molar-refractivity contribution in [3.8, 4) is 5.75 Å². The molecular formula is C28H30ClN3O2. The van der Waals surface area contributed by atoms with Crippen LogP contribution < -0.4 is 10.1 Å². The molecule has 4 rings (SSSR count). The summed E-state index contributed by atoms with van der Waals surface area (Å²) >= 11 is 6.02. The lowest BCUT2D eigenvalue weighted by molar-refractivity contribution is 0.0949. The van der Waals surface area contributed by atoms with Crippen LogP contribution in [0.15, 0.2) is 72.8 Å². The molecule has 0 atom stereocenters. The highest BCUT2D eigenvalue weighted by Gasteiger charge is 2.12. The molecule has 0 aliphatic heterocycles. The molecule has 176 valence electrons. The Morgan fingerprint density at radius 3 is 2.59 bits per heavy atom. The van der Waals surface area contributed by atoms with Gasteiger partial charge < -0.3 is 14.6 Å². The molecule has 0 saturated carbocycles. The molecule has 3 aromatic carbocycles. The minimum Gasteiger partial charge on any atom is -0.494 e. The van der Waals surface area contributed by atoms with E-state index in [4.69, 9.17) is 21.3 Å². The summed E-state index contributed by atoms with van der Waals surface area (Å²) < 4.78 is 8.11. The first-order chi connectivity index (χ1) is 16.5. The number of carbonyl (C=O) groups is 1. The van der Waals surface area contributed by atoms with Gasteiger partial charge in [0, 0.05) is 17.1 Å². The summed E-state index contributed by atoms with van der Waals surface area (Å²) in [4.78, 5) is 17.3. The molecule has 1 amide bonds. The summed E-state index contributed by atoms with van der Waals surface area (Å²) in [5, 5.41) is 3.51. The van der Waals surface area contributed by atoms with Crippen LogP contribution in [0.3, 0.4) is 0 Å². The molecule has 0 aliphatic carbocycles. The maximum absolute atomic E-state index is 12.6. The van der Waals surface area contributed by atoms with E-state index in [0.29, 0.717) is 29.7 Å². The highest BCUT2D eigenvalue weighted by molar-refractivity contribution is 6.30. The molecule has 0 unspecified atom stereocenters. The molecule has 0 aliphatic rings. The van der Waals surface area contributed by atoms with Crippen molar-refractivity contribution in [1.29, 1.82) is 0 Å². The lowest BCUT2D eigenvalue weighted by Crippen LogP contribution is -2.24. The predicted molar refractivity (Wildman–Crippen MR) is 138 cm³/mol. The van der Waals surface area contributed by atoms with Crippen molar-refractivity contribution in [2.45, 2.75) is 45.7 Å². The van der Waals surface area contributed by atoms with Gasteiger partial charge >= 0.3 is 0 Å². The Morgan fingerprint density at radius 1 is 1.03 bits per heavy atom. The number of nitrogens with zero attached hydrogens (tertiary/aromatic N) is 2. The smallest absolute Gasteiger partial charge is 0.251 e. The van der Waals surface area contributed by atoms with Crippen molar-refractivity contribution in [3.05, 3.63) is 94.8 Å². The van der Waals surface area contributed by atoms with Gasteiger partial charge in [-0.25, -0.2) is 4.98 Å². The first-order valence-corrected chi connectivity index (χ1v) is 12.1. The van der Waals surface area contributed by atoms with Gasteiger partial charge in [-0.15, -0.1) is 0 Å². The lowest BCUT2D eigenvalue weighted by atomic mass is 10.0. The van der Waals surface area contributed by atoms with Crippen molar-refractivity contribution in [2.75, 3.05) is 6.61 Å². The Kier molecular flexibility index (Phi) is 7.86. The van der Waals surface area contributed by atoms with E-state index < -0.39 is 0 Å². The Hall–Kier alpha value is -3.31. The number of para-hydroxylation sites is 2. The van der Waals surface area contributed by atoms with Gasteiger partial charge in [0.25, 0.3) is 5.91 Å². The minimum absolute atomic E-state index is 0.169. The summed E-state index contributed by atoms with van der Waals surface area (Å²) in [6, 6.07) is 23.3. The highest BCUT2D eigenvalue weighted by atomic mass is 35.5. The van der Waals surface area contributed by atoms with E-state index >= 15 is 0 Å². The van der Waals surface area contributed by atoms with Gasteiger partial charge in [0.05, 0.1) is 24.2 Å². The van der Waals surface area contributed by atoms with Crippen molar-refractivity contribution < 1.29 is 9.53 Å². The Balaban J connectivity index is 1.35. The second kappa shape index (κ2) is 11.2. The minimum atomic E-state index is -0.169. The molecule has 0 radical (unpaired) electrons. The molecule has 6 heteroatoms. The maximum Gasteiger partial charge on any atom is 0.251 e. The fourth-order valence-corrected chi connectivity index (χ4v) is 4.10. The van der Waals surface area contributed by atoms with Gasteiger partial charge in [-0.2, -0.15) is 0 Å². The van der Waals surface area contributed by atoms with Crippen LogP contribution in [-0.4, -0.2) is 22.1 Å². The van der Waals surface area contributed by atoms with E-state index in [1.807, 2.05) is 30.3 Å². The van der Waals surface area contributed by atoms with E-state index in [1.54, 1.807) is 24.3 Å². The molecule has 0 fully saturated rings. The summed E-state index contributed by atoms with van der Waals surface area (Å²) in [6.45, 7) is 6.19. The number of halogens is 1. The predicted octanol–water partition coefficient (Wildman–Crippen LogP) is 6.60. The number of benzene rings is 3. The van der Waals surface area contributed by atoms with Crippen LogP contribution in [0.1, 0.15) is 54.4 Å². The second-order valence-electron chi connectivity index (χ2n) is 8.64. The van der Waals surface area contributed by atoms with Gasteiger partial charge in [0.1, 0.15) is 11.6 Å². The molecule has 5 nitrogen and oxygen atoms in total. The van der Waals surface area contributed by atoms with Crippen LogP contribution in [0.25, 0.3) is 11.0 Å². The van der Waals surface area contributed by atoms with Gasteiger partial charge in [0.2, 0.25) is 0 Å². The van der Waals surface area contributed by atoms with E-state index in [0.717, 1.165) is 42.0 Å². The van der Waals surface area contributed by atoms with Gasteiger partial charge in [0.15, 0.2) is 0 Å². The molecule has 34 heavy (non-hydrogen) atoms. The number of rotatable bonds is 10. The number of imidazole rings is 1. The number of unbranched alkanes of at least 4 members (excludes halogenated alkanes) is 1. The molecule has 1 heterocycles. The van der Waals surface area contributed by atoms with Crippen LogP contribution >= 0.6 is 11.6 Å². The SMILES string of the molecule is CC(C)c1ccc(OCCCCn2c(CNC(=O)c3cccc(Cl)c3)nc3ccccc32)cc1. The van der Waals surface area contributed by atoms with E-state index in [1.165, 1.54) is 5.56 Å². The van der Waals surface area contributed by atoms with Crippen LogP contribution in [-0.2, 0) is 13.1 Å². The first-order valence-electron chi connectivity index (χ1n) is 11.7. The lowest BCUT2D eigenvalue weighted by Gasteiger charge is -2.11. The number of amides is 1. The van der Waals surface area contributed by atoms with Crippen molar-refractivity contribution in [1.82, 2.24) is 14.9 Å². The average molecular weight is 476 g/mol. The van der Waals surface area contributed by atoms with Crippen LogP contribution in [0.4, 0.5) is 0 Å². The number of hydrogen-bond donors (Lipinski definition) is 1.